The molecule has 2 heterocycles. The van der Waals surface area contributed by atoms with Gasteiger partial charge in [-0.15, -0.1) is 0 Å². The number of benzene rings is 7. The number of aromatic nitrogens is 2. The maximum absolute atomic E-state index is 9.66. The molecule has 0 unspecified atom stereocenters. The minimum absolute atomic E-state index is 0.553. The number of nitrogens with zero attached hydrogens (tertiary/aromatic N) is 5. The topological polar surface area (TPSA) is 42.4 Å². The van der Waals surface area contributed by atoms with Gasteiger partial charge >= 0.3 is 0 Å². The molecule has 5 nitrogen and oxygen atoms in total. The number of hydrogen-bond donors (Lipinski definition) is 0. The van der Waals surface area contributed by atoms with Gasteiger partial charge in [0.05, 0.1) is 47.0 Å². The Hall–Kier alpha value is -7.39. The van der Waals surface area contributed by atoms with Crippen LogP contribution >= 0.6 is 0 Å². The third-order valence-corrected chi connectivity index (χ3v) is 9.57. The molecule has 0 amide bonds. The van der Waals surface area contributed by atoms with Crippen molar-refractivity contribution in [3.8, 4) is 39.7 Å². The van der Waals surface area contributed by atoms with Gasteiger partial charge in [0.2, 0.25) is 0 Å². The largest absolute Gasteiger partial charge is 0.310 e. The maximum Gasteiger partial charge on any atom is 0.189 e. The average Bonchev–Trinajstić information content (AvgIpc) is 3.69. The Labute approximate surface area is 288 Å². The summed E-state index contributed by atoms with van der Waals surface area (Å²) in [5.74, 6) is 0. The second-order valence-corrected chi connectivity index (χ2v) is 12.3. The molecule has 9 aromatic rings. The minimum atomic E-state index is 0.553. The lowest BCUT2D eigenvalue weighted by Gasteiger charge is -2.18. The third kappa shape index (κ3) is 4.38. The van der Waals surface area contributed by atoms with Crippen LogP contribution < -0.4 is 0 Å². The molecule has 0 radical (unpaired) electrons. The summed E-state index contributed by atoms with van der Waals surface area (Å²) in [5.41, 5.74) is 11.8. The molecule has 0 bridgehead atoms. The predicted molar refractivity (Wildman–Crippen MR) is 203 cm³/mol. The standard InChI is InChI=1S/C45H25N5/c1-47-31-19-21-34(39(26-31)37-14-5-8-17-43(37)50-41-15-6-3-12-35(41)36-13-4-7-16-42(36)50)30-10-9-11-33(25-30)49-44-23-18-29(28-46)24-40(44)38-22-20-32(48-2)27-45(38)49/h3-27H. The number of para-hydroxylation sites is 3. The van der Waals surface area contributed by atoms with Crippen LogP contribution in [0.1, 0.15) is 5.56 Å². The lowest BCUT2D eigenvalue weighted by Crippen LogP contribution is -1.98. The highest BCUT2D eigenvalue weighted by Gasteiger charge is 2.19. The van der Waals surface area contributed by atoms with Crippen LogP contribution in [0.15, 0.2) is 152 Å². The van der Waals surface area contributed by atoms with Crippen LogP contribution in [0.25, 0.3) is 86.9 Å². The van der Waals surface area contributed by atoms with Crippen molar-refractivity contribution in [2.75, 3.05) is 0 Å². The zero-order chi connectivity index (χ0) is 33.8. The van der Waals surface area contributed by atoms with Crippen molar-refractivity contribution >= 4 is 55.0 Å². The predicted octanol–water partition coefficient (Wildman–Crippen LogP) is 12.2. The second-order valence-electron chi connectivity index (χ2n) is 12.3. The van der Waals surface area contributed by atoms with Crippen molar-refractivity contribution in [1.82, 2.24) is 9.13 Å². The molecule has 7 aromatic carbocycles. The van der Waals surface area contributed by atoms with Gasteiger partial charge in [-0.25, -0.2) is 9.69 Å². The molecule has 230 valence electrons. The number of nitriles is 1. The van der Waals surface area contributed by atoms with E-state index < -0.39 is 0 Å². The summed E-state index contributed by atoms with van der Waals surface area (Å²) in [6.07, 6.45) is 0. The van der Waals surface area contributed by atoms with Crippen LogP contribution in [0.4, 0.5) is 11.4 Å². The van der Waals surface area contributed by atoms with Crippen molar-refractivity contribution in [3.63, 3.8) is 0 Å². The Morgan fingerprint density at radius 1 is 0.460 bits per heavy atom. The van der Waals surface area contributed by atoms with Crippen LogP contribution in [0.3, 0.4) is 0 Å². The Balaban J connectivity index is 1.29. The van der Waals surface area contributed by atoms with Crippen LogP contribution in [0.2, 0.25) is 0 Å². The molecule has 0 aliphatic carbocycles. The first-order valence-electron chi connectivity index (χ1n) is 16.2. The molecule has 0 atom stereocenters. The molecule has 0 N–H and O–H groups in total. The highest BCUT2D eigenvalue weighted by atomic mass is 15.0. The molecular weight excluding hydrogens is 611 g/mol. The van der Waals surface area contributed by atoms with Gasteiger partial charge in [0.25, 0.3) is 0 Å². The van der Waals surface area contributed by atoms with Crippen LogP contribution in [0.5, 0.6) is 0 Å². The van der Waals surface area contributed by atoms with Crippen LogP contribution in [-0.2, 0) is 0 Å². The molecule has 50 heavy (non-hydrogen) atoms. The molecule has 5 heteroatoms. The first kappa shape index (κ1) is 28.8. The normalized spacial score (nSPS) is 11.1. The molecule has 0 aliphatic rings. The van der Waals surface area contributed by atoms with E-state index in [9.17, 15) is 5.26 Å². The summed E-state index contributed by atoms with van der Waals surface area (Å²) < 4.78 is 4.50. The SMILES string of the molecule is [C-]#[N+]c1ccc(-c2cccc(-n3c4ccc(C#N)cc4c4ccc([N+]#[C-])cc43)c2)c(-c2ccccc2-n2c3ccccc3c3ccccc32)c1. The van der Waals surface area contributed by atoms with Gasteiger partial charge < -0.3 is 9.13 Å². The maximum atomic E-state index is 9.66. The summed E-state index contributed by atoms with van der Waals surface area (Å²) in [4.78, 5) is 7.54. The number of fused-ring (bicyclic) bond motifs is 6. The van der Waals surface area contributed by atoms with Gasteiger partial charge in [-0.1, -0.05) is 91.0 Å². The quantitative estimate of drug-likeness (QED) is 0.177. The van der Waals surface area contributed by atoms with Gasteiger partial charge in [0.15, 0.2) is 11.4 Å². The molecular formula is C45H25N5. The lowest BCUT2D eigenvalue weighted by molar-refractivity contribution is 1.18. The van der Waals surface area contributed by atoms with E-state index in [1.165, 1.54) is 10.8 Å². The van der Waals surface area contributed by atoms with Crippen molar-refractivity contribution in [3.05, 3.63) is 180 Å². The van der Waals surface area contributed by atoms with Crippen molar-refractivity contribution in [2.24, 2.45) is 0 Å². The second kappa shape index (κ2) is 11.4. The molecule has 0 fully saturated rings. The van der Waals surface area contributed by atoms with E-state index in [1.54, 1.807) is 0 Å². The Bertz CT molecular complexity index is 2920. The zero-order valence-electron chi connectivity index (χ0n) is 26.7. The summed E-state index contributed by atoms with van der Waals surface area (Å²) in [6.45, 7) is 15.6. The fraction of sp³-hybridized carbons (Fsp3) is 0. The molecule has 0 saturated heterocycles. The van der Waals surface area contributed by atoms with E-state index in [0.29, 0.717) is 16.9 Å². The summed E-state index contributed by atoms with van der Waals surface area (Å²) in [7, 11) is 0. The molecule has 2 aromatic heterocycles. The average molecular weight is 636 g/mol. The van der Waals surface area contributed by atoms with Crippen molar-refractivity contribution in [1.29, 1.82) is 5.26 Å². The van der Waals surface area contributed by atoms with Gasteiger partial charge in [-0.3, -0.25) is 0 Å². The van der Waals surface area contributed by atoms with E-state index in [4.69, 9.17) is 13.1 Å². The van der Waals surface area contributed by atoms with Gasteiger partial charge in [0, 0.05) is 38.3 Å². The Morgan fingerprint density at radius 3 is 1.88 bits per heavy atom. The van der Waals surface area contributed by atoms with Gasteiger partial charge in [-0.2, -0.15) is 5.26 Å². The fourth-order valence-corrected chi connectivity index (χ4v) is 7.39. The first-order chi connectivity index (χ1) is 24.7. The van der Waals surface area contributed by atoms with E-state index >= 15 is 0 Å². The number of rotatable bonds is 4. The van der Waals surface area contributed by atoms with E-state index in [2.05, 4.69) is 122 Å². The molecule has 0 spiro atoms. The van der Waals surface area contributed by atoms with Gasteiger partial charge in [-0.05, 0) is 77.4 Å². The Morgan fingerprint density at radius 2 is 1.12 bits per heavy atom. The molecule has 0 aliphatic heterocycles. The smallest absolute Gasteiger partial charge is 0.189 e. The van der Waals surface area contributed by atoms with Gasteiger partial charge in [0.1, 0.15) is 0 Å². The lowest BCUT2D eigenvalue weighted by atomic mass is 9.92. The summed E-state index contributed by atoms with van der Waals surface area (Å²) in [6, 6.07) is 53.4. The van der Waals surface area contributed by atoms with E-state index in [-0.39, 0.29) is 0 Å². The van der Waals surface area contributed by atoms with E-state index in [0.717, 1.165) is 66.5 Å². The number of hydrogen-bond acceptors (Lipinski definition) is 1. The van der Waals surface area contributed by atoms with Crippen molar-refractivity contribution in [2.45, 2.75) is 0 Å². The third-order valence-electron chi connectivity index (χ3n) is 9.57. The van der Waals surface area contributed by atoms with Crippen LogP contribution in [-0.4, -0.2) is 9.13 Å². The highest BCUT2D eigenvalue weighted by molar-refractivity contribution is 6.11. The first-order valence-corrected chi connectivity index (χ1v) is 16.2. The highest BCUT2D eigenvalue weighted by Crippen LogP contribution is 2.42. The fourth-order valence-electron chi connectivity index (χ4n) is 7.39. The van der Waals surface area contributed by atoms with Crippen LogP contribution in [0, 0.1) is 24.5 Å². The molecule has 9 rings (SSSR count). The summed E-state index contributed by atoms with van der Waals surface area (Å²) >= 11 is 0. The summed E-state index contributed by atoms with van der Waals surface area (Å²) in [5, 5.41) is 14.0. The zero-order valence-corrected chi connectivity index (χ0v) is 26.7. The molecule has 0 saturated carbocycles. The monoisotopic (exact) mass is 635 g/mol. The van der Waals surface area contributed by atoms with Crippen molar-refractivity contribution < 1.29 is 0 Å². The van der Waals surface area contributed by atoms with E-state index in [1.807, 2.05) is 54.6 Å². The minimum Gasteiger partial charge on any atom is -0.310 e. The Kier molecular flexibility index (Phi) is 6.56.